The van der Waals surface area contributed by atoms with Gasteiger partial charge in [-0.2, -0.15) is 0 Å². The van der Waals surface area contributed by atoms with Crippen LogP contribution in [0.3, 0.4) is 0 Å². The Morgan fingerprint density at radius 2 is 1.92 bits per heavy atom. The van der Waals surface area contributed by atoms with Gasteiger partial charge >= 0.3 is 0 Å². The zero-order valence-corrected chi connectivity index (χ0v) is 18.5. The summed E-state index contributed by atoms with van der Waals surface area (Å²) < 4.78 is 10.7. The van der Waals surface area contributed by atoms with Crippen molar-refractivity contribution in [3.05, 3.63) is 0 Å². The van der Waals surface area contributed by atoms with Gasteiger partial charge in [-0.25, -0.2) is 0 Å². The Hall–Kier alpha value is -0.120. The third-order valence-electron chi connectivity index (χ3n) is 5.17. The fraction of sp³-hybridized carbons (Fsp3) is 0.944. The first-order valence-corrected chi connectivity index (χ1v) is 9.47. The van der Waals surface area contributed by atoms with Gasteiger partial charge in [0.05, 0.1) is 19.8 Å². The van der Waals surface area contributed by atoms with E-state index in [-0.39, 0.29) is 24.0 Å². The van der Waals surface area contributed by atoms with Crippen molar-refractivity contribution >= 4 is 29.9 Å². The first kappa shape index (κ1) is 22.9. The molecule has 0 spiro atoms. The van der Waals surface area contributed by atoms with Crippen LogP contribution < -0.4 is 5.32 Å². The number of hydrogen-bond acceptors (Lipinski definition) is 4. The van der Waals surface area contributed by atoms with E-state index in [0.717, 1.165) is 44.7 Å². The number of ether oxygens (including phenoxy) is 2. The van der Waals surface area contributed by atoms with E-state index in [2.05, 4.69) is 27.0 Å². The zero-order valence-electron chi connectivity index (χ0n) is 16.2. The minimum atomic E-state index is 0. The molecular weight excluding hydrogens is 431 g/mol. The summed E-state index contributed by atoms with van der Waals surface area (Å²) in [6, 6.07) is 0. The number of guanidine groups is 1. The van der Waals surface area contributed by atoms with Crippen LogP contribution in [0.1, 0.15) is 26.2 Å². The van der Waals surface area contributed by atoms with Gasteiger partial charge in [-0.3, -0.25) is 4.99 Å². The number of nitrogens with one attached hydrogen (secondary N) is 1. The van der Waals surface area contributed by atoms with Crippen LogP contribution >= 0.6 is 24.0 Å². The van der Waals surface area contributed by atoms with Crippen LogP contribution in [0.25, 0.3) is 0 Å². The first-order chi connectivity index (χ1) is 11.7. The first-order valence-electron chi connectivity index (χ1n) is 9.47. The molecule has 0 amide bonds. The molecule has 2 heterocycles. The Morgan fingerprint density at radius 1 is 1.16 bits per heavy atom. The van der Waals surface area contributed by atoms with E-state index >= 15 is 0 Å². The molecule has 0 bridgehead atoms. The lowest BCUT2D eigenvalue weighted by Crippen LogP contribution is -2.44. The number of hydrogen-bond donors (Lipinski definition) is 1. The molecule has 2 fully saturated rings. The molecule has 2 aliphatic rings. The molecule has 25 heavy (non-hydrogen) atoms. The number of halogens is 1. The van der Waals surface area contributed by atoms with Crippen LogP contribution in [-0.4, -0.2) is 89.0 Å². The number of rotatable bonds is 8. The SMILES string of the molecule is CN=C(NCCN1CCC(C)CC1)N1CCC(COCCOC)C1.I. The van der Waals surface area contributed by atoms with Crippen molar-refractivity contribution in [3.8, 4) is 0 Å². The molecule has 1 N–H and O–H groups in total. The molecule has 0 radical (unpaired) electrons. The second-order valence-electron chi connectivity index (χ2n) is 7.17. The van der Waals surface area contributed by atoms with E-state index in [1.165, 1.54) is 32.4 Å². The van der Waals surface area contributed by atoms with Crippen molar-refractivity contribution in [1.82, 2.24) is 15.1 Å². The van der Waals surface area contributed by atoms with Crippen molar-refractivity contribution in [2.75, 3.05) is 73.2 Å². The van der Waals surface area contributed by atoms with Gasteiger partial charge in [-0.05, 0) is 38.3 Å². The molecular formula is C18H37IN4O2. The number of likely N-dealkylation sites (tertiary alicyclic amines) is 2. The third kappa shape index (κ3) is 8.41. The van der Waals surface area contributed by atoms with E-state index in [1.54, 1.807) is 7.11 Å². The normalized spacial score (nSPS) is 22.9. The van der Waals surface area contributed by atoms with Gasteiger partial charge in [-0.15, -0.1) is 24.0 Å². The zero-order chi connectivity index (χ0) is 17.2. The van der Waals surface area contributed by atoms with E-state index in [4.69, 9.17) is 9.47 Å². The summed E-state index contributed by atoms with van der Waals surface area (Å²) in [6.07, 6.45) is 3.86. The molecule has 1 unspecified atom stereocenters. The van der Waals surface area contributed by atoms with Crippen LogP contribution in [0.15, 0.2) is 4.99 Å². The van der Waals surface area contributed by atoms with E-state index in [0.29, 0.717) is 19.1 Å². The number of nitrogens with zero attached hydrogens (tertiary/aromatic N) is 3. The second kappa shape index (κ2) is 13.1. The lowest BCUT2D eigenvalue weighted by atomic mass is 9.99. The Kier molecular flexibility index (Phi) is 12.0. The van der Waals surface area contributed by atoms with Crippen LogP contribution in [-0.2, 0) is 9.47 Å². The molecule has 0 saturated carbocycles. The van der Waals surface area contributed by atoms with Crippen LogP contribution in [0, 0.1) is 11.8 Å². The van der Waals surface area contributed by atoms with Crippen molar-refractivity contribution in [1.29, 1.82) is 0 Å². The molecule has 6 nitrogen and oxygen atoms in total. The molecule has 2 aliphatic heterocycles. The molecule has 7 heteroatoms. The Morgan fingerprint density at radius 3 is 2.60 bits per heavy atom. The van der Waals surface area contributed by atoms with E-state index in [9.17, 15) is 0 Å². The van der Waals surface area contributed by atoms with Crippen molar-refractivity contribution in [2.45, 2.75) is 26.2 Å². The Bertz CT molecular complexity index is 376. The minimum absolute atomic E-state index is 0. The fourth-order valence-corrected chi connectivity index (χ4v) is 3.50. The van der Waals surface area contributed by atoms with Crippen LogP contribution in [0.2, 0.25) is 0 Å². The molecule has 2 saturated heterocycles. The van der Waals surface area contributed by atoms with Crippen LogP contribution in [0.4, 0.5) is 0 Å². The van der Waals surface area contributed by atoms with Gasteiger partial charge < -0.3 is 24.6 Å². The number of aliphatic imine (C=N–C) groups is 1. The molecule has 0 aromatic carbocycles. The average molecular weight is 468 g/mol. The highest BCUT2D eigenvalue weighted by Gasteiger charge is 2.25. The summed E-state index contributed by atoms with van der Waals surface area (Å²) in [5.41, 5.74) is 0. The van der Waals surface area contributed by atoms with Crippen molar-refractivity contribution < 1.29 is 9.47 Å². The molecule has 2 rings (SSSR count). The van der Waals surface area contributed by atoms with Gasteiger partial charge in [0.25, 0.3) is 0 Å². The number of methoxy groups -OCH3 is 1. The van der Waals surface area contributed by atoms with Gasteiger partial charge in [0.1, 0.15) is 0 Å². The molecule has 148 valence electrons. The summed E-state index contributed by atoms with van der Waals surface area (Å²) in [5.74, 6) is 2.54. The summed E-state index contributed by atoms with van der Waals surface area (Å²) in [7, 11) is 3.59. The third-order valence-corrected chi connectivity index (χ3v) is 5.17. The predicted molar refractivity (Wildman–Crippen MR) is 114 cm³/mol. The highest BCUT2D eigenvalue weighted by atomic mass is 127. The summed E-state index contributed by atoms with van der Waals surface area (Å²) in [5, 5.41) is 3.54. The maximum Gasteiger partial charge on any atom is 0.193 e. The van der Waals surface area contributed by atoms with Crippen LogP contribution in [0.5, 0.6) is 0 Å². The van der Waals surface area contributed by atoms with Crippen molar-refractivity contribution in [3.63, 3.8) is 0 Å². The quantitative estimate of drug-likeness (QED) is 0.255. The fourth-order valence-electron chi connectivity index (χ4n) is 3.50. The molecule has 0 aromatic heterocycles. The predicted octanol–water partition coefficient (Wildman–Crippen LogP) is 1.90. The van der Waals surface area contributed by atoms with Gasteiger partial charge in [-0.1, -0.05) is 6.92 Å². The molecule has 0 aliphatic carbocycles. The largest absolute Gasteiger partial charge is 0.382 e. The summed E-state index contributed by atoms with van der Waals surface area (Å²) in [4.78, 5) is 9.39. The van der Waals surface area contributed by atoms with E-state index < -0.39 is 0 Å². The smallest absolute Gasteiger partial charge is 0.193 e. The van der Waals surface area contributed by atoms with Gasteiger partial charge in [0.15, 0.2) is 5.96 Å². The van der Waals surface area contributed by atoms with Gasteiger partial charge in [0, 0.05) is 46.3 Å². The average Bonchev–Trinajstić information content (AvgIpc) is 3.06. The maximum absolute atomic E-state index is 5.67. The minimum Gasteiger partial charge on any atom is -0.382 e. The van der Waals surface area contributed by atoms with Gasteiger partial charge in [0.2, 0.25) is 0 Å². The van der Waals surface area contributed by atoms with Crippen molar-refractivity contribution in [2.24, 2.45) is 16.8 Å². The van der Waals surface area contributed by atoms with E-state index in [1.807, 2.05) is 7.05 Å². The topological polar surface area (TPSA) is 49.3 Å². The maximum atomic E-state index is 5.67. The number of piperidine rings is 1. The lowest BCUT2D eigenvalue weighted by Gasteiger charge is -2.30. The highest BCUT2D eigenvalue weighted by molar-refractivity contribution is 14.0. The standard InChI is InChI=1S/C18H36N4O2.HI/c1-16-4-8-21(9-5-16)11-7-20-18(19-2)22-10-6-17(14-22)15-24-13-12-23-3;/h16-17H,4-15H2,1-3H3,(H,19,20);1H. The second-order valence-corrected chi connectivity index (χ2v) is 7.17. The Balaban J connectivity index is 0.00000312. The molecule has 0 aromatic rings. The summed E-state index contributed by atoms with van der Waals surface area (Å²) >= 11 is 0. The lowest BCUT2D eigenvalue weighted by molar-refractivity contribution is 0.0536. The summed E-state index contributed by atoms with van der Waals surface area (Å²) in [6.45, 7) is 11.2. The Labute approximate surface area is 170 Å². The monoisotopic (exact) mass is 468 g/mol. The molecule has 1 atom stereocenters. The highest BCUT2D eigenvalue weighted by Crippen LogP contribution is 2.17.